The summed E-state index contributed by atoms with van der Waals surface area (Å²) in [4.78, 5) is 0. The lowest BCUT2D eigenvalue weighted by atomic mass is 9.80. The number of hydrogen-bond acceptors (Lipinski definition) is 1. The maximum Gasteiger partial charge on any atom is 0.416 e. The standard InChI is InChI=1S/C18H20F3N/c1-13(15-8-5-9-16(12-15)18(19,20)21)17(10-11-22)14-6-3-2-4-7-14/h2-9,12-13,17H,10-11,22H2,1H3. The van der Waals surface area contributed by atoms with Gasteiger partial charge < -0.3 is 5.73 Å². The molecular formula is C18H20F3N. The Balaban J connectivity index is 2.33. The van der Waals surface area contributed by atoms with Crippen molar-refractivity contribution in [3.05, 3.63) is 71.3 Å². The van der Waals surface area contributed by atoms with Gasteiger partial charge in [0.15, 0.2) is 0 Å². The van der Waals surface area contributed by atoms with Crippen molar-refractivity contribution < 1.29 is 13.2 Å². The molecule has 2 aromatic carbocycles. The van der Waals surface area contributed by atoms with Gasteiger partial charge in [-0.1, -0.05) is 55.5 Å². The summed E-state index contributed by atoms with van der Waals surface area (Å²) in [5.74, 6) is 0.0722. The van der Waals surface area contributed by atoms with E-state index in [4.69, 9.17) is 5.73 Å². The SMILES string of the molecule is CC(c1cccc(C(F)(F)F)c1)C(CCN)c1ccccc1. The Morgan fingerprint density at radius 2 is 1.59 bits per heavy atom. The molecule has 0 amide bonds. The van der Waals surface area contributed by atoms with Gasteiger partial charge in [-0.3, -0.25) is 0 Å². The molecule has 4 heteroatoms. The molecule has 0 aliphatic heterocycles. The Morgan fingerprint density at radius 3 is 2.18 bits per heavy atom. The van der Waals surface area contributed by atoms with Gasteiger partial charge in [0.1, 0.15) is 0 Å². The van der Waals surface area contributed by atoms with Crippen LogP contribution in [0.5, 0.6) is 0 Å². The van der Waals surface area contributed by atoms with Crippen molar-refractivity contribution in [2.75, 3.05) is 6.54 Å². The van der Waals surface area contributed by atoms with E-state index >= 15 is 0 Å². The summed E-state index contributed by atoms with van der Waals surface area (Å²) < 4.78 is 38.7. The third-order valence-corrected chi connectivity index (χ3v) is 4.05. The van der Waals surface area contributed by atoms with Crippen LogP contribution in [0.2, 0.25) is 0 Å². The molecule has 1 nitrogen and oxygen atoms in total. The molecule has 0 saturated carbocycles. The number of nitrogens with two attached hydrogens (primary N) is 1. The molecule has 2 aromatic rings. The van der Waals surface area contributed by atoms with Gasteiger partial charge >= 0.3 is 6.18 Å². The maximum atomic E-state index is 12.9. The number of halogens is 3. The molecule has 22 heavy (non-hydrogen) atoms. The molecule has 0 radical (unpaired) electrons. The Hall–Kier alpha value is -1.81. The van der Waals surface area contributed by atoms with Crippen molar-refractivity contribution >= 4 is 0 Å². The van der Waals surface area contributed by atoms with E-state index in [-0.39, 0.29) is 11.8 Å². The van der Waals surface area contributed by atoms with Crippen molar-refractivity contribution in [3.8, 4) is 0 Å². The van der Waals surface area contributed by atoms with Crippen LogP contribution in [0.25, 0.3) is 0 Å². The van der Waals surface area contributed by atoms with E-state index in [0.717, 1.165) is 18.1 Å². The lowest BCUT2D eigenvalue weighted by molar-refractivity contribution is -0.137. The number of hydrogen-bond donors (Lipinski definition) is 1. The fraction of sp³-hybridized carbons (Fsp3) is 0.333. The third-order valence-electron chi connectivity index (χ3n) is 4.05. The highest BCUT2D eigenvalue weighted by molar-refractivity contribution is 5.32. The Bertz CT molecular complexity index is 593. The number of alkyl halides is 3. The van der Waals surface area contributed by atoms with Crippen LogP contribution in [0, 0.1) is 0 Å². The molecule has 0 fully saturated rings. The summed E-state index contributed by atoms with van der Waals surface area (Å²) in [5, 5.41) is 0. The van der Waals surface area contributed by atoms with Crippen molar-refractivity contribution in [1.82, 2.24) is 0 Å². The number of rotatable bonds is 5. The first kappa shape index (κ1) is 16.6. The largest absolute Gasteiger partial charge is 0.416 e. The first-order chi connectivity index (χ1) is 10.4. The van der Waals surface area contributed by atoms with E-state index in [1.165, 1.54) is 12.1 Å². The normalized spacial score (nSPS) is 14.6. The van der Waals surface area contributed by atoms with Gasteiger partial charge in [-0.2, -0.15) is 13.2 Å². The van der Waals surface area contributed by atoms with Gasteiger partial charge in [0.05, 0.1) is 5.56 Å². The lowest BCUT2D eigenvalue weighted by Gasteiger charge is -2.25. The zero-order chi connectivity index (χ0) is 16.2. The number of benzene rings is 2. The molecule has 2 atom stereocenters. The molecule has 0 spiro atoms. The molecule has 2 N–H and O–H groups in total. The highest BCUT2D eigenvalue weighted by Gasteiger charge is 2.31. The van der Waals surface area contributed by atoms with Crippen LogP contribution < -0.4 is 5.73 Å². The second kappa shape index (κ2) is 6.97. The maximum absolute atomic E-state index is 12.9. The van der Waals surface area contributed by atoms with E-state index in [0.29, 0.717) is 12.1 Å². The molecule has 0 aliphatic carbocycles. The summed E-state index contributed by atoms with van der Waals surface area (Å²) in [7, 11) is 0. The highest BCUT2D eigenvalue weighted by atomic mass is 19.4. The topological polar surface area (TPSA) is 26.0 Å². The Kier molecular flexibility index (Phi) is 5.24. The minimum Gasteiger partial charge on any atom is -0.330 e. The second-order valence-electron chi connectivity index (χ2n) is 5.51. The van der Waals surface area contributed by atoms with E-state index in [2.05, 4.69) is 0 Å². The van der Waals surface area contributed by atoms with Gasteiger partial charge in [0, 0.05) is 0 Å². The van der Waals surface area contributed by atoms with E-state index in [9.17, 15) is 13.2 Å². The van der Waals surface area contributed by atoms with Gasteiger partial charge in [-0.15, -0.1) is 0 Å². The summed E-state index contributed by atoms with van der Waals surface area (Å²) in [6.45, 7) is 2.46. The van der Waals surface area contributed by atoms with Crippen LogP contribution in [-0.4, -0.2) is 6.54 Å². The Labute approximate surface area is 129 Å². The van der Waals surface area contributed by atoms with Crippen LogP contribution in [-0.2, 0) is 6.18 Å². The summed E-state index contributed by atoms with van der Waals surface area (Å²) in [6, 6.07) is 15.4. The van der Waals surface area contributed by atoms with Gasteiger partial charge in [0.2, 0.25) is 0 Å². The predicted octanol–water partition coefficient (Wildman–Crippen LogP) is 4.94. The van der Waals surface area contributed by atoms with Crippen LogP contribution in [0.3, 0.4) is 0 Å². The van der Waals surface area contributed by atoms with Gasteiger partial charge in [-0.25, -0.2) is 0 Å². The molecule has 0 bridgehead atoms. The van der Waals surface area contributed by atoms with E-state index in [1.807, 2.05) is 37.3 Å². The first-order valence-corrected chi connectivity index (χ1v) is 7.35. The fourth-order valence-corrected chi connectivity index (χ4v) is 2.82. The molecule has 0 saturated heterocycles. The predicted molar refractivity (Wildman–Crippen MR) is 82.7 cm³/mol. The zero-order valence-electron chi connectivity index (χ0n) is 12.5. The zero-order valence-corrected chi connectivity index (χ0v) is 12.5. The minimum atomic E-state index is -4.31. The first-order valence-electron chi connectivity index (χ1n) is 7.35. The van der Waals surface area contributed by atoms with Gasteiger partial charge in [-0.05, 0) is 42.0 Å². The summed E-state index contributed by atoms with van der Waals surface area (Å²) >= 11 is 0. The van der Waals surface area contributed by atoms with Crippen LogP contribution in [0.4, 0.5) is 13.2 Å². The average Bonchev–Trinajstić information content (AvgIpc) is 2.52. The Morgan fingerprint density at radius 1 is 0.955 bits per heavy atom. The van der Waals surface area contributed by atoms with Crippen molar-refractivity contribution in [3.63, 3.8) is 0 Å². The fourth-order valence-electron chi connectivity index (χ4n) is 2.82. The molecular weight excluding hydrogens is 287 g/mol. The van der Waals surface area contributed by atoms with Gasteiger partial charge in [0.25, 0.3) is 0 Å². The van der Waals surface area contributed by atoms with Crippen molar-refractivity contribution in [1.29, 1.82) is 0 Å². The monoisotopic (exact) mass is 307 g/mol. The molecule has 0 heterocycles. The smallest absolute Gasteiger partial charge is 0.330 e. The van der Waals surface area contributed by atoms with Crippen LogP contribution >= 0.6 is 0 Å². The summed E-state index contributed by atoms with van der Waals surface area (Å²) in [6.07, 6.45) is -3.58. The summed E-state index contributed by atoms with van der Waals surface area (Å²) in [5.41, 5.74) is 6.90. The molecule has 118 valence electrons. The minimum absolute atomic E-state index is 0.0340. The van der Waals surface area contributed by atoms with E-state index < -0.39 is 11.7 Å². The molecule has 2 unspecified atom stereocenters. The average molecular weight is 307 g/mol. The van der Waals surface area contributed by atoms with Crippen molar-refractivity contribution in [2.45, 2.75) is 31.4 Å². The molecule has 0 aliphatic rings. The van der Waals surface area contributed by atoms with Crippen LogP contribution in [0.1, 0.15) is 41.9 Å². The molecule has 0 aromatic heterocycles. The third kappa shape index (κ3) is 3.89. The molecule has 2 rings (SSSR count). The van der Waals surface area contributed by atoms with Crippen molar-refractivity contribution in [2.24, 2.45) is 5.73 Å². The second-order valence-corrected chi connectivity index (χ2v) is 5.51. The highest BCUT2D eigenvalue weighted by Crippen LogP contribution is 2.37. The quantitative estimate of drug-likeness (QED) is 0.831. The van der Waals surface area contributed by atoms with Crippen LogP contribution in [0.15, 0.2) is 54.6 Å². The lowest BCUT2D eigenvalue weighted by Crippen LogP contribution is -2.14. The van der Waals surface area contributed by atoms with E-state index in [1.54, 1.807) is 6.07 Å².